The minimum absolute atomic E-state index is 0.0385. The van der Waals surface area contributed by atoms with Gasteiger partial charge >= 0.3 is 0 Å². The number of carbonyl (C=O) groups is 1. The highest BCUT2D eigenvalue weighted by Crippen LogP contribution is 2.13. The number of aromatic nitrogens is 1. The quantitative estimate of drug-likeness (QED) is 0.899. The molecule has 0 spiro atoms. The van der Waals surface area contributed by atoms with Crippen LogP contribution in [0.1, 0.15) is 23.0 Å². The summed E-state index contributed by atoms with van der Waals surface area (Å²) in [6, 6.07) is 8.09. The molecule has 3 N–H and O–H groups in total. The molecule has 1 heterocycles. The summed E-state index contributed by atoms with van der Waals surface area (Å²) >= 11 is 4.66. The number of benzene rings is 1. The number of rotatable bonds is 4. The molecule has 0 radical (unpaired) electrons. The highest BCUT2D eigenvalue weighted by Gasteiger charge is 2.13. The van der Waals surface area contributed by atoms with Crippen LogP contribution in [0, 0.1) is 0 Å². The first-order valence-electron chi connectivity index (χ1n) is 5.81. The van der Waals surface area contributed by atoms with Gasteiger partial charge in [-0.05, 0) is 31.0 Å². The Balaban J connectivity index is 1.92. The van der Waals surface area contributed by atoms with Gasteiger partial charge in [0.2, 0.25) is 0 Å². The van der Waals surface area contributed by atoms with E-state index in [9.17, 15) is 4.79 Å². The van der Waals surface area contributed by atoms with Crippen molar-refractivity contribution in [2.45, 2.75) is 19.4 Å². The van der Waals surface area contributed by atoms with Crippen molar-refractivity contribution >= 4 is 38.3 Å². The lowest BCUT2D eigenvalue weighted by molar-refractivity contribution is 0.0936. The van der Waals surface area contributed by atoms with Crippen molar-refractivity contribution in [2.24, 2.45) is 0 Å². The zero-order valence-electron chi connectivity index (χ0n) is 10.4. The predicted molar refractivity (Wildman–Crippen MR) is 81.3 cm³/mol. The summed E-state index contributed by atoms with van der Waals surface area (Å²) < 4.78 is 1.05. The SMILES string of the molecule is CC(Cc1ccc(Br)cc1)NC(=O)c1csc(N)n1. The van der Waals surface area contributed by atoms with Gasteiger partial charge < -0.3 is 11.1 Å². The third-order valence-electron chi connectivity index (χ3n) is 2.59. The lowest BCUT2D eigenvalue weighted by atomic mass is 10.1. The van der Waals surface area contributed by atoms with Crippen molar-refractivity contribution in [2.75, 3.05) is 5.73 Å². The van der Waals surface area contributed by atoms with Crippen molar-refractivity contribution in [1.29, 1.82) is 0 Å². The molecule has 0 aliphatic heterocycles. The minimum atomic E-state index is -0.183. The van der Waals surface area contributed by atoms with Crippen LogP contribution in [0.25, 0.3) is 0 Å². The highest BCUT2D eigenvalue weighted by atomic mass is 79.9. The van der Waals surface area contributed by atoms with Crippen LogP contribution in [0.4, 0.5) is 5.13 Å². The summed E-state index contributed by atoms with van der Waals surface area (Å²) in [7, 11) is 0. The number of halogens is 1. The topological polar surface area (TPSA) is 68.0 Å². The maximum absolute atomic E-state index is 11.9. The lowest BCUT2D eigenvalue weighted by Gasteiger charge is -2.13. The van der Waals surface area contributed by atoms with E-state index in [-0.39, 0.29) is 11.9 Å². The van der Waals surface area contributed by atoms with E-state index in [1.807, 2.05) is 31.2 Å². The molecule has 1 amide bonds. The fourth-order valence-corrected chi connectivity index (χ4v) is 2.52. The molecule has 1 aromatic carbocycles. The van der Waals surface area contributed by atoms with Crippen molar-refractivity contribution in [3.8, 4) is 0 Å². The monoisotopic (exact) mass is 339 g/mol. The number of nitrogens with one attached hydrogen (secondary N) is 1. The van der Waals surface area contributed by atoms with Gasteiger partial charge in [0.1, 0.15) is 5.69 Å². The van der Waals surface area contributed by atoms with Gasteiger partial charge in [0, 0.05) is 15.9 Å². The maximum atomic E-state index is 11.9. The van der Waals surface area contributed by atoms with Crippen LogP contribution in [0.3, 0.4) is 0 Å². The Bertz CT molecular complexity index is 568. The number of nitrogen functional groups attached to an aromatic ring is 1. The smallest absolute Gasteiger partial charge is 0.271 e. The molecule has 6 heteroatoms. The Morgan fingerprint density at radius 1 is 1.47 bits per heavy atom. The Hall–Kier alpha value is -1.40. The van der Waals surface area contributed by atoms with Gasteiger partial charge in [0.25, 0.3) is 5.91 Å². The van der Waals surface area contributed by atoms with Crippen molar-refractivity contribution in [1.82, 2.24) is 10.3 Å². The van der Waals surface area contributed by atoms with Gasteiger partial charge in [-0.2, -0.15) is 0 Å². The van der Waals surface area contributed by atoms with Gasteiger partial charge in [0.05, 0.1) is 0 Å². The largest absolute Gasteiger partial charge is 0.375 e. The van der Waals surface area contributed by atoms with E-state index < -0.39 is 0 Å². The number of hydrogen-bond donors (Lipinski definition) is 2. The van der Waals surface area contributed by atoms with E-state index >= 15 is 0 Å². The van der Waals surface area contributed by atoms with Crippen LogP contribution < -0.4 is 11.1 Å². The molecule has 0 bridgehead atoms. The standard InChI is InChI=1S/C13H14BrN3OS/c1-8(6-9-2-4-10(14)5-3-9)16-12(18)11-7-19-13(15)17-11/h2-5,7-8H,6H2,1H3,(H2,15,17)(H,16,18). The minimum Gasteiger partial charge on any atom is -0.375 e. The number of anilines is 1. The molecule has 0 saturated heterocycles. The lowest BCUT2D eigenvalue weighted by Crippen LogP contribution is -2.34. The third-order valence-corrected chi connectivity index (χ3v) is 3.79. The fourth-order valence-electron chi connectivity index (χ4n) is 1.71. The van der Waals surface area contributed by atoms with Gasteiger partial charge in [-0.15, -0.1) is 11.3 Å². The summed E-state index contributed by atoms with van der Waals surface area (Å²) in [5, 5.41) is 4.98. The average Bonchev–Trinajstić information content (AvgIpc) is 2.79. The van der Waals surface area contributed by atoms with Crippen molar-refractivity contribution in [3.05, 3.63) is 45.4 Å². The van der Waals surface area contributed by atoms with Gasteiger partial charge in [-0.1, -0.05) is 28.1 Å². The molecule has 0 aliphatic rings. The summed E-state index contributed by atoms with van der Waals surface area (Å²) in [4.78, 5) is 15.8. The summed E-state index contributed by atoms with van der Waals surface area (Å²) in [6.45, 7) is 1.97. The molecular weight excluding hydrogens is 326 g/mol. The predicted octanol–water partition coefficient (Wildman–Crippen LogP) is 2.85. The number of nitrogens with zero attached hydrogens (tertiary/aromatic N) is 1. The van der Waals surface area contributed by atoms with Crippen molar-refractivity contribution in [3.63, 3.8) is 0 Å². The zero-order chi connectivity index (χ0) is 13.8. The molecule has 2 rings (SSSR count). The second-order valence-electron chi connectivity index (χ2n) is 4.28. The van der Waals surface area contributed by atoms with E-state index in [2.05, 4.69) is 26.2 Å². The van der Waals surface area contributed by atoms with E-state index in [1.54, 1.807) is 5.38 Å². The molecule has 0 aliphatic carbocycles. The van der Waals surface area contributed by atoms with Crippen LogP contribution in [0.5, 0.6) is 0 Å². The third kappa shape index (κ3) is 4.04. The second kappa shape index (κ2) is 6.16. The molecule has 4 nitrogen and oxygen atoms in total. The summed E-state index contributed by atoms with van der Waals surface area (Å²) in [5.41, 5.74) is 7.06. The van der Waals surface area contributed by atoms with Crippen LogP contribution in [-0.2, 0) is 6.42 Å². The number of carbonyl (C=O) groups excluding carboxylic acids is 1. The molecule has 19 heavy (non-hydrogen) atoms. The number of thiazole rings is 1. The molecule has 2 aromatic rings. The normalized spacial score (nSPS) is 12.1. The fraction of sp³-hybridized carbons (Fsp3) is 0.231. The van der Waals surface area contributed by atoms with Crippen LogP contribution in [0.15, 0.2) is 34.1 Å². The zero-order valence-corrected chi connectivity index (χ0v) is 12.8. The highest BCUT2D eigenvalue weighted by molar-refractivity contribution is 9.10. The number of amides is 1. The van der Waals surface area contributed by atoms with E-state index in [0.717, 1.165) is 10.9 Å². The number of nitrogens with two attached hydrogens (primary N) is 1. The van der Waals surface area contributed by atoms with E-state index in [0.29, 0.717) is 10.8 Å². The second-order valence-corrected chi connectivity index (χ2v) is 6.08. The number of hydrogen-bond acceptors (Lipinski definition) is 4. The Labute approximate surface area is 124 Å². The van der Waals surface area contributed by atoms with Crippen LogP contribution in [0.2, 0.25) is 0 Å². The molecule has 0 fully saturated rings. The molecule has 1 atom stereocenters. The molecular formula is C13H14BrN3OS. The van der Waals surface area contributed by atoms with E-state index in [4.69, 9.17) is 5.73 Å². The summed E-state index contributed by atoms with van der Waals surface area (Å²) in [6.07, 6.45) is 0.776. The summed E-state index contributed by atoms with van der Waals surface area (Å²) in [5.74, 6) is -0.183. The van der Waals surface area contributed by atoms with E-state index in [1.165, 1.54) is 16.9 Å². The first-order chi connectivity index (χ1) is 9.04. The maximum Gasteiger partial charge on any atom is 0.271 e. The Morgan fingerprint density at radius 2 is 2.16 bits per heavy atom. The first-order valence-corrected chi connectivity index (χ1v) is 7.48. The van der Waals surface area contributed by atoms with Gasteiger partial charge in [0.15, 0.2) is 5.13 Å². The molecule has 1 aromatic heterocycles. The van der Waals surface area contributed by atoms with Gasteiger partial charge in [-0.3, -0.25) is 4.79 Å². The Morgan fingerprint density at radius 3 is 2.74 bits per heavy atom. The van der Waals surface area contributed by atoms with Crippen molar-refractivity contribution < 1.29 is 4.79 Å². The first kappa shape index (κ1) is 14.0. The molecule has 1 unspecified atom stereocenters. The molecule has 0 saturated carbocycles. The van der Waals surface area contributed by atoms with Gasteiger partial charge in [-0.25, -0.2) is 4.98 Å². The van der Waals surface area contributed by atoms with Crippen LogP contribution in [-0.4, -0.2) is 16.9 Å². The molecule has 100 valence electrons. The Kier molecular flexibility index (Phi) is 4.55. The van der Waals surface area contributed by atoms with Crippen LogP contribution >= 0.6 is 27.3 Å². The average molecular weight is 340 g/mol.